The highest BCUT2D eigenvalue weighted by Gasteiger charge is 2.16. The van der Waals surface area contributed by atoms with Crippen LogP contribution in [0, 0.1) is 0 Å². The zero-order valence-electron chi connectivity index (χ0n) is 10.3. The zero-order valence-corrected chi connectivity index (χ0v) is 11.1. The van der Waals surface area contributed by atoms with Crippen molar-refractivity contribution in [2.24, 2.45) is 0 Å². The molecule has 3 nitrogen and oxygen atoms in total. The van der Waals surface area contributed by atoms with Crippen LogP contribution < -0.4 is 0 Å². The van der Waals surface area contributed by atoms with Gasteiger partial charge in [0.05, 0.1) is 0 Å². The van der Waals surface area contributed by atoms with Crippen molar-refractivity contribution in [2.45, 2.75) is 11.5 Å². The number of methoxy groups -OCH3 is 1. The van der Waals surface area contributed by atoms with Crippen LogP contribution in [0.4, 0.5) is 0 Å². The molecule has 0 atom stereocenters. The van der Waals surface area contributed by atoms with Crippen molar-refractivity contribution in [3.63, 3.8) is 0 Å². The van der Waals surface area contributed by atoms with Gasteiger partial charge < -0.3 is 9.15 Å². The molecule has 0 aliphatic heterocycles. The maximum Gasteiger partial charge on any atom is 0.229 e. The molecule has 2 rings (SSSR count). The fourth-order valence-electron chi connectivity index (χ4n) is 1.68. The van der Waals surface area contributed by atoms with Crippen molar-refractivity contribution in [2.75, 3.05) is 13.4 Å². The van der Waals surface area contributed by atoms with E-state index in [9.17, 15) is 4.79 Å². The Morgan fingerprint density at radius 3 is 2.78 bits per heavy atom. The number of rotatable bonds is 5. The quantitative estimate of drug-likeness (QED) is 0.611. The Hall–Kier alpha value is -1.52. The lowest BCUT2D eigenvalue weighted by atomic mass is 10.1. The molecule has 0 amide bonds. The molecule has 18 heavy (non-hydrogen) atoms. The zero-order chi connectivity index (χ0) is 13.0. The van der Waals surface area contributed by atoms with Crippen molar-refractivity contribution in [3.8, 4) is 0 Å². The first-order valence-corrected chi connectivity index (χ1v) is 6.74. The normalized spacial score (nSPS) is 10.6. The van der Waals surface area contributed by atoms with Gasteiger partial charge in [0.15, 0.2) is 5.76 Å². The van der Waals surface area contributed by atoms with Gasteiger partial charge in [-0.1, -0.05) is 12.1 Å². The summed E-state index contributed by atoms with van der Waals surface area (Å²) in [6, 6.07) is 11.0. The summed E-state index contributed by atoms with van der Waals surface area (Å²) in [5, 5.41) is 0. The standard InChI is InChI=1S/C14H14O3S/c1-16-9-10-7-8-12(17-10)14(15)11-5-3-4-6-13(11)18-2/h3-8H,9H2,1-2H3. The summed E-state index contributed by atoms with van der Waals surface area (Å²) in [7, 11) is 1.59. The third-order valence-corrected chi connectivity index (χ3v) is 3.32. The maximum absolute atomic E-state index is 12.3. The van der Waals surface area contributed by atoms with Crippen molar-refractivity contribution in [3.05, 3.63) is 53.5 Å². The lowest BCUT2D eigenvalue weighted by Gasteiger charge is -2.03. The van der Waals surface area contributed by atoms with Crippen LogP contribution in [0.2, 0.25) is 0 Å². The van der Waals surface area contributed by atoms with Crippen molar-refractivity contribution < 1.29 is 13.9 Å². The molecule has 0 aliphatic carbocycles. The summed E-state index contributed by atoms with van der Waals surface area (Å²) in [5.41, 5.74) is 0.670. The van der Waals surface area contributed by atoms with Crippen LogP contribution in [-0.2, 0) is 11.3 Å². The minimum Gasteiger partial charge on any atom is -0.455 e. The van der Waals surface area contributed by atoms with Crippen LogP contribution in [0.25, 0.3) is 0 Å². The van der Waals surface area contributed by atoms with E-state index in [1.54, 1.807) is 31.0 Å². The van der Waals surface area contributed by atoms with Gasteiger partial charge in [-0.05, 0) is 30.5 Å². The number of thioether (sulfide) groups is 1. The highest BCUT2D eigenvalue weighted by Crippen LogP contribution is 2.23. The number of carbonyl (C=O) groups is 1. The van der Waals surface area contributed by atoms with Gasteiger partial charge in [-0.3, -0.25) is 4.79 Å². The van der Waals surface area contributed by atoms with Gasteiger partial charge in [-0.25, -0.2) is 0 Å². The Kier molecular flexibility index (Phi) is 4.23. The summed E-state index contributed by atoms with van der Waals surface area (Å²) in [5.74, 6) is 0.910. The summed E-state index contributed by atoms with van der Waals surface area (Å²) in [6.45, 7) is 0.372. The van der Waals surface area contributed by atoms with Crippen molar-refractivity contribution in [1.29, 1.82) is 0 Å². The van der Waals surface area contributed by atoms with E-state index in [1.165, 1.54) is 0 Å². The largest absolute Gasteiger partial charge is 0.455 e. The SMILES string of the molecule is COCc1ccc(C(=O)c2ccccc2SC)o1. The maximum atomic E-state index is 12.3. The highest BCUT2D eigenvalue weighted by atomic mass is 32.2. The number of carbonyl (C=O) groups excluding carboxylic acids is 1. The number of ketones is 1. The van der Waals surface area contributed by atoms with Gasteiger partial charge in [0.2, 0.25) is 5.78 Å². The molecule has 0 bridgehead atoms. The number of ether oxygens (including phenoxy) is 1. The Morgan fingerprint density at radius 2 is 2.06 bits per heavy atom. The third-order valence-electron chi connectivity index (χ3n) is 2.52. The number of hydrogen-bond donors (Lipinski definition) is 0. The van der Waals surface area contributed by atoms with E-state index in [4.69, 9.17) is 9.15 Å². The minimum absolute atomic E-state index is 0.0951. The number of furan rings is 1. The predicted octanol–water partition coefficient (Wildman–Crippen LogP) is 3.38. The van der Waals surface area contributed by atoms with Gasteiger partial charge in [0.1, 0.15) is 12.4 Å². The Labute approximate surface area is 110 Å². The van der Waals surface area contributed by atoms with Crippen LogP contribution >= 0.6 is 11.8 Å². The van der Waals surface area contributed by atoms with Gasteiger partial charge in [0, 0.05) is 17.6 Å². The van der Waals surface area contributed by atoms with Crippen LogP contribution in [0.3, 0.4) is 0 Å². The number of benzene rings is 1. The summed E-state index contributed by atoms with van der Waals surface area (Å²) in [4.78, 5) is 13.2. The smallest absolute Gasteiger partial charge is 0.229 e. The molecule has 0 N–H and O–H groups in total. The Morgan fingerprint density at radius 1 is 1.28 bits per heavy atom. The van der Waals surface area contributed by atoms with E-state index in [0.29, 0.717) is 23.7 Å². The van der Waals surface area contributed by atoms with Gasteiger partial charge in [-0.2, -0.15) is 0 Å². The average molecular weight is 262 g/mol. The molecule has 1 aromatic heterocycles. The molecule has 0 radical (unpaired) electrons. The molecule has 0 aliphatic rings. The van der Waals surface area contributed by atoms with E-state index in [0.717, 1.165) is 4.90 Å². The second-order valence-corrected chi connectivity index (χ2v) is 4.58. The van der Waals surface area contributed by atoms with Gasteiger partial charge >= 0.3 is 0 Å². The van der Waals surface area contributed by atoms with Crippen LogP contribution in [0.15, 0.2) is 45.7 Å². The second-order valence-electron chi connectivity index (χ2n) is 3.73. The topological polar surface area (TPSA) is 39.4 Å². The Balaban J connectivity index is 2.29. The van der Waals surface area contributed by atoms with Crippen molar-refractivity contribution >= 4 is 17.5 Å². The molecule has 1 aromatic carbocycles. The lowest BCUT2D eigenvalue weighted by Crippen LogP contribution is -2.01. The van der Waals surface area contributed by atoms with Gasteiger partial charge in [0.25, 0.3) is 0 Å². The van der Waals surface area contributed by atoms with E-state index in [2.05, 4.69) is 0 Å². The van der Waals surface area contributed by atoms with Crippen LogP contribution in [-0.4, -0.2) is 19.1 Å². The minimum atomic E-state index is -0.0951. The average Bonchev–Trinajstić information content (AvgIpc) is 2.87. The van der Waals surface area contributed by atoms with Crippen LogP contribution in [0.5, 0.6) is 0 Å². The van der Waals surface area contributed by atoms with E-state index < -0.39 is 0 Å². The molecule has 0 saturated carbocycles. The first-order chi connectivity index (χ1) is 8.76. The fourth-order valence-corrected chi connectivity index (χ4v) is 2.28. The van der Waals surface area contributed by atoms with E-state index in [1.807, 2.05) is 30.5 Å². The molecular weight excluding hydrogens is 248 g/mol. The molecule has 0 unspecified atom stereocenters. The molecule has 4 heteroatoms. The molecular formula is C14H14O3S. The van der Waals surface area contributed by atoms with Gasteiger partial charge in [-0.15, -0.1) is 11.8 Å². The highest BCUT2D eigenvalue weighted by molar-refractivity contribution is 7.98. The molecule has 0 fully saturated rings. The molecule has 0 spiro atoms. The molecule has 94 valence electrons. The third kappa shape index (κ3) is 2.66. The van der Waals surface area contributed by atoms with E-state index >= 15 is 0 Å². The Bertz CT molecular complexity index is 545. The summed E-state index contributed by atoms with van der Waals surface area (Å²) >= 11 is 1.55. The van der Waals surface area contributed by atoms with Crippen LogP contribution in [0.1, 0.15) is 21.9 Å². The molecule has 1 heterocycles. The van der Waals surface area contributed by atoms with Crippen molar-refractivity contribution in [1.82, 2.24) is 0 Å². The lowest BCUT2D eigenvalue weighted by molar-refractivity contribution is 0.0997. The predicted molar refractivity (Wildman–Crippen MR) is 71.1 cm³/mol. The first kappa shape index (κ1) is 12.9. The fraction of sp³-hybridized carbons (Fsp3) is 0.214. The molecule has 2 aromatic rings. The number of hydrogen-bond acceptors (Lipinski definition) is 4. The summed E-state index contributed by atoms with van der Waals surface area (Å²) < 4.78 is 10.4. The summed E-state index contributed by atoms with van der Waals surface area (Å²) in [6.07, 6.45) is 1.95. The molecule has 0 saturated heterocycles. The second kappa shape index (κ2) is 5.89. The van der Waals surface area contributed by atoms with E-state index in [-0.39, 0.29) is 5.78 Å². The first-order valence-electron chi connectivity index (χ1n) is 5.51. The monoisotopic (exact) mass is 262 g/mol.